The zero-order chi connectivity index (χ0) is 19.1. The van der Waals surface area contributed by atoms with Crippen LogP contribution in [-0.4, -0.2) is 32.0 Å². The molecule has 28 heavy (non-hydrogen) atoms. The number of carbonyl (C=O) groups is 1. The molecule has 1 saturated carbocycles. The van der Waals surface area contributed by atoms with Gasteiger partial charge in [0.1, 0.15) is 0 Å². The number of fused-ring (bicyclic) bond motifs is 4. The summed E-state index contributed by atoms with van der Waals surface area (Å²) in [6, 6.07) is 16.9. The lowest BCUT2D eigenvalue weighted by Gasteiger charge is -2.26. The highest BCUT2D eigenvalue weighted by molar-refractivity contribution is 5.94. The number of hydrogen-bond donors (Lipinski definition) is 3. The number of aliphatic imine (C=N–C) groups is 1. The Morgan fingerprint density at radius 2 is 1.79 bits per heavy atom. The van der Waals surface area contributed by atoms with Gasteiger partial charge in [-0.15, -0.1) is 0 Å². The van der Waals surface area contributed by atoms with E-state index in [0.29, 0.717) is 18.9 Å². The summed E-state index contributed by atoms with van der Waals surface area (Å²) in [5.74, 6) is 3.28. The van der Waals surface area contributed by atoms with Crippen molar-refractivity contribution in [1.29, 1.82) is 0 Å². The Morgan fingerprint density at radius 1 is 1.04 bits per heavy atom. The number of nitrogens with zero attached hydrogens (tertiary/aromatic N) is 1. The number of para-hydroxylation sites is 1. The summed E-state index contributed by atoms with van der Waals surface area (Å²) in [6.45, 7) is 1.65. The molecule has 5 rings (SSSR count). The molecule has 144 valence electrons. The SMILES string of the molecule is CN=C(NCC1CC(=O)Nc2ccccc21)NCC1C2Cc3ccccc3C12. The van der Waals surface area contributed by atoms with Crippen molar-refractivity contribution in [3.05, 3.63) is 65.2 Å². The van der Waals surface area contributed by atoms with Gasteiger partial charge in [0.25, 0.3) is 0 Å². The maximum Gasteiger partial charge on any atom is 0.225 e. The smallest absolute Gasteiger partial charge is 0.225 e. The van der Waals surface area contributed by atoms with Gasteiger partial charge in [-0.2, -0.15) is 0 Å². The van der Waals surface area contributed by atoms with Crippen molar-refractivity contribution in [1.82, 2.24) is 10.6 Å². The molecule has 2 aliphatic carbocycles. The van der Waals surface area contributed by atoms with Crippen LogP contribution in [-0.2, 0) is 11.2 Å². The number of hydrogen-bond acceptors (Lipinski definition) is 2. The third-order valence-corrected chi connectivity index (χ3v) is 6.55. The monoisotopic (exact) mass is 374 g/mol. The third-order valence-electron chi connectivity index (χ3n) is 6.55. The van der Waals surface area contributed by atoms with Crippen LogP contribution in [0.3, 0.4) is 0 Å². The van der Waals surface area contributed by atoms with E-state index in [1.54, 1.807) is 12.6 Å². The number of rotatable bonds is 4. The normalized spacial score (nSPS) is 27.3. The van der Waals surface area contributed by atoms with Gasteiger partial charge in [0.2, 0.25) is 5.91 Å². The van der Waals surface area contributed by atoms with Crippen LogP contribution in [0, 0.1) is 11.8 Å². The van der Waals surface area contributed by atoms with Crippen molar-refractivity contribution >= 4 is 17.6 Å². The van der Waals surface area contributed by atoms with Crippen LogP contribution in [0.2, 0.25) is 0 Å². The first-order valence-corrected chi connectivity index (χ1v) is 10.2. The van der Waals surface area contributed by atoms with Crippen LogP contribution in [0.4, 0.5) is 5.69 Å². The summed E-state index contributed by atoms with van der Waals surface area (Å²) in [4.78, 5) is 16.4. The summed E-state index contributed by atoms with van der Waals surface area (Å²) in [5.41, 5.74) is 5.20. The average molecular weight is 374 g/mol. The Balaban J connectivity index is 1.16. The summed E-state index contributed by atoms with van der Waals surface area (Å²) in [5, 5.41) is 9.89. The van der Waals surface area contributed by atoms with Gasteiger partial charge in [-0.3, -0.25) is 9.79 Å². The van der Waals surface area contributed by atoms with Gasteiger partial charge in [-0.05, 0) is 46.9 Å². The molecule has 0 spiro atoms. The van der Waals surface area contributed by atoms with Crippen LogP contribution in [0.15, 0.2) is 53.5 Å². The molecule has 1 amide bonds. The molecule has 0 saturated heterocycles. The Kier molecular flexibility index (Phi) is 4.30. The van der Waals surface area contributed by atoms with E-state index in [1.807, 2.05) is 18.2 Å². The third kappa shape index (κ3) is 3.05. The molecule has 4 unspecified atom stereocenters. The number of guanidine groups is 1. The molecule has 3 N–H and O–H groups in total. The second-order valence-electron chi connectivity index (χ2n) is 8.13. The largest absolute Gasteiger partial charge is 0.356 e. The average Bonchev–Trinajstić information content (AvgIpc) is 3.25. The van der Waals surface area contributed by atoms with E-state index in [0.717, 1.165) is 30.0 Å². The van der Waals surface area contributed by atoms with Gasteiger partial charge in [0.15, 0.2) is 5.96 Å². The molecule has 2 aromatic carbocycles. The molecule has 5 nitrogen and oxygen atoms in total. The molecule has 3 aliphatic rings. The van der Waals surface area contributed by atoms with E-state index >= 15 is 0 Å². The van der Waals surface area contributed by atoms with Gasteiger partial charge < -0.3 is 16.0 Å². The van der Waals surface area contributed by atoms with E-state index in [2.05, 4.69) is 51.3 Å². The summed E-state index contributed by atoms with van der Waals surface area (Å²) >= 11 is 0. The highest BCUT2D eigenvalue weighted by Crippen LogP contribution is 2.60. The molecule has 1 aliphatic heterocycles. The Hall–Kier alpha value is -2.82. The minimum Gasteiger partial charge on any atom is -0.356 e. The maximum atomic E-state index is 12.0. The lowest BCUT2D eigenvalue weighted by molar-refractivity contribution is -0.116. The summed E-state index contributed by atoms with van der Waals surface area (Å²) in [7, 11) is 1.81. The molecule has 4 atom stereocenters. The molecular formula is C23H26N4O. The first kappa shape index (κ1) is 17.3. The fraction of sp³-hybridized carbons (Fsp3) is 0.391. The van der Waals surface area contributed by atoms with Crippen LogP contribution in [0.5, 0.6) is 0 Å². The lowest BCUT2D eigenvalue weighted by Crippen LogP contribution is -2.41. The predicted octanol–water partition coefficient (Wildman–Crippen LogP) is 2.86. The van der Waals surface area contributed by atoms with Gasteiger partial charge in [-0.25, -0.2) is 0 Å². The summed E-state index contributed by atoms with van der Waals surface area (Å²) in [6.07, 6.45) is 1.72. The molecule has 0 radical (unpaired) electrons. The van der Waals surface area contributed by atoms with Crippen LogP contribution < -0.4 is 16.0 Å². The molecule has 1 heterocycles. The standard InChI is InChI=1S/C23H26N4O/c1-24-23(25-12-15-11-21(28)27-20-9-5-4-7-16(15)20)26-13-19-18-10-14-6-2-3-8-17(14)22(18)19/h2-9,15,18-19,22H,10-13H2,1H3,(H,27,28)(H2,24,25,26). The van der Waals surface area contributed by atoms with Crippen LogP contribution in [0.25, 0.3) is 0 Å². The summed E-state index contributed by atoms with van der Waals surface area (Å²) < 4.78 is 0. The highest BCUT2D eigenvalue weighted by Gasteiger charge is 2.54. The maximum absolute atomic E-state index is 12.0. The fourth-order valence-corrected chi connectivity index (χ4v) is 5.10. The number of nitrogens with one attached hydrogen (secondary N) is 3. The van der Waals surface area contributed by atoms with Gasteiger partial charge in [-0.1, -0.05) is 42.5 Å². The predicted molar refractivity (Wildman–Crippen MR) is 112 cm³/mol. The van der Waals surface area contributed by atoms with Crippen molar-refractivity contribution < 1.29 is 4.79 Å². The Morgan fingerprint density at radius 3 is 2.64 bits per heavy atom. The van der Waals surface area contributed by atoms with Crippen molar-refractivity contribution in [2.24, 2.45) is 16.8 Å². The first-order valence-electron chi connectivity index (χ1n) is 10.2. The first-order chi connectivity index (χ1) is 13.7. The van der Waals surface area contributed by atoms with Crippen molar-refractivity contribution in [3.63, 3.8) is 0 Å². The molecule has 0 aromatic heterocycles. The second-order valence-corrected chi connectivity index (χ2v) is 8.13. The topological polar surface area (TPSA) is 65.5 Å². The minimum atomic E-state index is 0.0814. The molecule has 2 aromatic rings. The zero-order valence-corrected chi connectivity index (χ0v) is 16.1. The number of carbonyl (C=O) groups excluding carboxylic acids is 1. The van der Waals surface area contributed by atoms with Crippen molar-refractivity contribution in [2.45, 2.75) is 24.7 Å². The van der Waals surface area contributed by atoms with Gasteiger partial charge in [0, 0.05) is 38.2 Å². The number of benzene rings is 2. The van der Waals surface area contributed by atoms with Crippen LogP contribution >= 0.6 is 0 Å². The Bertz CT molecular complexity index is 938. The highest BCUT2D eigenvalue weighted by atomic mass is 16.1. The van der Waals surface area contributed by atoms with E-state index in [9.17, 15) is 4.79 Å². The minimum absolute atomic E-state index is 0.0814. The Labute approximate surface area is 165 Å². The lowest BCUT2D eigenvalue weighted by atomic mass is 9.90. The van der Waals surface area contributed by atoms with E-state index < -0.39 is 0 Å². The number of anilines is 1. The fourth-order valence-electron chi connectivity index (χ4n) is 5.10. The second kappa shape index (κ2) is 6.97. The molecule has 1 fully saturated rings. The number of amides is 1. The van der Waals surface area contributed by atoms with Gasteiger partial charge in [0.05, 0.1) is 0 Å². The quantitative estimate of drug-likeness (QED) is 0.570. The van der Waals surface area contributed by atoms with E-state index in [4.69, 9.17) is 0 Å². The molecule has 0 bridgehead atoms. The zero-order valence-electron chi connectivity index (χ0n) is 16.1. The van der Waals surface area contributed by atoms with E-state index in [1.165, 1.54) is 17.5 Å². The van der Waals surface area contributed by atoms with Gasteiger partial charge >= 0.3 is 0 Å². The van der Waals surface area contributed by atoms with E-state index in [-0.39, 0.29) is 11.8 Å². The van der Waals surface area contributed by atoms with Crippen molar-refractivity contribution in [3.8, 4) is 0 Å². The molecule has 5 heteroatoms. The van der Waals surface area contributed by atoms with Crippen LogP contribution in [0.1, 0.15) is 34.9 Å². The van der Waals surface area contributed by atoms with Crippen molar-refractivity contribution in [2.75, 3.05) is 25.5 Å². The molecular weight excluding hydrogens is 348 g/mol.